The highest BCUT2D eigenvalue weighted by Gasteiger charge is 2.32. The minimum Gasteiger partial charge on any atom is -0.436 e. The third-order valence-corrected chi connectivity index (χ3v) is 3.51. The third kappa shape index (κ3) is 2.41. The highest BCUT2D eigenvalue weighted by atomic mass is 16.4. The van der Waals surface area contributed by atoms with Gasteiger partial charge in [-0.1, -0.05) is 0 Å². The van der Waals surface area contributed by atoms with Crippen LogP contribution in [-0.2, 0) is 0 Å². The Morgan fingerprint density at radius 2 is 2.22 bits per heavy atom. The van der Waals surface area contributed by atoms with Crippen molar-refractivity contribution in [3.05, 3.63) is 17.3 Å². The summed E-state index contributed by atoms with van der Waals surface area (Å²) in [6.45, 7) is 6.26. The van der Waals surface area contributed by atoms with E-state index in [1.54, 1.807) is 13.8 Å². The standard InChI is InChI=1S/C13H21N3O2/c1-8(14)11-6-4-5-7-16(11)13(17)12-9(2)15-10(3)18-12/h8,11H,4-7,14H2,1-3H3. The number of nitrogens with two attached hydrogens (primary N) is 1. The summed E-state index contributed by atoms with van der Waals surface area (Å²) in [5, 5.41) is 0. The van der Waals surface area contributed by atoms with Gasteiger partial charge in [0, 0.05) is 25.6 Å². The highest BCUT2D eigenvalue weighted by molar-refractivity contribution is 5.92. The molecule has 18 heavy (non-hydrogen) atoms. The molecule has 1 aliphatic rings. The second kappa shape index (κ2) is 5.10. The van der Waals surface area contributed by atoms with Crippen LogP contribution in [0.2, 0.25) is 0 Å². The fourth-order valence-corrected chi connectivity index (χ4v) is 2.62. The molecule has 1 aromatic heterocycles. The van der Waals surface area contributed by atoms with Crippen LogP contribution in [-0.4, -0.2) is 34.4 Å². The Labute approximate surface area is 107 Å². The normalized spacial score (nSPS) is 22.0. The van der Waals surface area contributed by atoms with Crippen molar-refractivity contribution in [3.8, 4) is 0 Å². The van der Waals surface area contributed by atoms with E-state index in [2.05, 4.69) is 4.98 Å². The van der Waals surface area contributed by atoms with Gasteiger partial charge in [0.2, 0.25) is 5.76 Å². The van der Waals surface area contributed by atoms with Crippen LogP contribution in [0, 0.1) is 13.8 Å². The van der Waals surface area contributed by atoms with E-state index >= 15 is 0 Å². The SMILES string of the molecule is Cc1nc(C)c(C(=O)N2CCCCC2C(C)N)o1. The van der Waals surface area contributed by atoms with Crippen molar-refractivity contribution in [1.82, 2.24) is 9.88 Å². The molecule has 5 heteroatoms. The number of nitrogens with zero attached hydrogens (tertiary/aromatic N) is 2. The summed E-state index contributed by atoms with van der Waals surface area (Å²) in [6.07, 6.45) is 3.13. The Morgan fingerprint density at radius 1 is 1.50 bits per heavy atom. The van der Waals surface area contributed by atoms with Crippen molar-refractivity contribution in [2.75, 3.05) is 6.54 Å². The number of aryl methyl sites for hydroxylation is 2. The summed E-state index contributed by atoms with van der Waals surface area (Å²) in [5.74, 6) is 0.820. The van der Waals surface area contributed by atoms with Gasteiger partial charge in [0.05, 0.1) is 5.69 Å². The summed E-state index contributed by atoms with van der Waals surface area (Å²) in [7, 11) is 0. The number of likely N-dealkylation sites (tertiary alicyclic amines) is 1. The lowest BCUT2D eigenvalue weighted by Crippen LogP contribution is -2.51. The summed E-state index contributed by atoms with van der Waals surface area (Å²) >= 11 is 0. The highest BCUT2D eigenvalue weighted by Crippen LogP contribution is 2.22. The third-order valence-electron chi connectivity index (χ3n) is 3.51. The van der Waals surface area contributed by atoms with E-state index in [1.807, 2.05) is 11.8 Å². The molecule has 0 aromatic carbocycles. The van der Waals surface area contributed by atoms with E-state index in [0.29, 0.717) is 17.3 Å². The number of oxazole rings is 1. The van der Waals surface area contributed by atoms with Crippen LogP contribution in [0.3, 0.4) is 0 Å². The molecule has 0 bridgehead atoms. The van der Waals surface area contributed by atoms with Gasteiger partial charge in [-0.3, -0.25) is 4.79 Å². The van der Waals surface area contributed by atoms with Gasteiger partial charge in [0.15, 0.2) is 5.89 Å². The predicted molar refractivity (Wildman–Crippen MR) is 68.3 cm³/mol. The second-order valence-corrected chi connectivity index (χ2v) is 5.07. The van der Waals surface area contributed by atoms with Crippen molar-refractivity contribution >= 4 is 5.91 Å². The van der Waals surface area contributed by atoms with Crippen LogP contribution >= 0.6 is 0 Å². The first-order valence-corrected chi connectivity index (χ1v) is 6.51. The predicted octanol–water partition coefficient (Wildman–Crippen LogP) is 1.63. The van der Waals surface area contributed by atoms with Crippen LogP contribution in [0.4, 0.5) is 0 Å². The Kier molecular flexibility index (Phi) is 3.71. The first kappa shape index (κ1) is 13.1. The first-order chi connectivity index (χ1) is 8.50. The van der Waals surface area contributed by atoms with E-state index in [0.717, 1.165) is 25.8 Å². The summed E-state index contributed by atoms with van der Waals surface area (Å²) in [5.41, 5.74) is 6.64. The van der Waals surface area contributed by atoms with E-state index < -0.39 is 0 Å². The van der Waals surface area contributed by atoms with Crippen LogP contribution < -0.4 is 5.73 Å². The lowest BCUT2D eigenvalue weighted by atomic mass is 9.96. The molecule has 2 atom stereocenters. The minimum absolute atomic E-state index is 0.0152. The van der Waals surface area contributed by atoms with Gasteiger partial charge in [-0.05, 0) is 33.1 Å². The molecule has 2 heterocycles. The van der Waals surface area contributed by atoms with Crippen molar-refractivity contribution in [3.63, 3.8) is 0 Å². The summed E-state index contributed by atoms with van der Waals surface area (Å²) in [4.78, 5) is 18.5. The molecule has 100 valence electrons. The van der Waals surface area contributed by atoms with Crippen molar-refractivity contribution in [1.29, 1.82) is 0 Å². The van der Waals surface area contributed by atoms with Crippen LogP contribution in [0.1, 0.15) is 48.3 Å². The molecule has 2 unspecified atom stereocenters. The maximum Gasteiger partial charge on any atom is 0.291 e. The van der Waals surface area contributed by atoms with Gasteiger partial charge in [0.25, 0.3) is 5.91 Å². The molecule has 1 fully saturated rings. The topological polar surface area (TPSA) is 72.4 Å². The summed E-state index contributed by atoms with van der Waals surface area (Å²) in [6, 6.07) is 0.0923. The number of aromatic nitrogens is 1. The van der Waals surface area contributed by atoms with Crippen molar-refractivity contribution < 1.29 is 9.21 Å². The minimum atomic E-state index is -0.0740. The van der Waals surface area contributed by atoms with Gasteiger partial charge in [-0.25, -0.2) is 4.98 Å². The van der Waals surface area contributed by atoms with E-state index in [1.165, 1.54) is 0 Å². The molecule has 0 radical (unpaired) electrons. The van der Waals surface area contributed by atoms with Crippen LogP contribution in [0.5, 0.6) is 0 Å². The average Bonchev–Trinajstić information content (AvgIpc) is 2.67. The van der Waals surface area contributed by atoms with Crippen LogP contribution in [0.15, 0.2) is 4.42 Å². The molecular weight excluding hydrogens is 230 g/mol. The van der Waals surface area contributed by atoms with Gasteiger partial charge in [0.1, 0.15) is 0 Å². The Balaban J connectivity index is 2.23. The molecule has 2 N–H and O–H groups in total. The van der Waals surface area contributed by atoms with Gasteiger partial charge in [-0.2, -0.15) is 0 Å². The number of hydrogen-bond acceptors (Lipinski definition) is 4. The lowest BCUT2D eigenvalue weighted by Gasteiger charge is -2.37. The maximum absolute atomic E-state index is 12.5. The quantitative estimate of drug-likeness (QED) is 0.867. The van der Waals surface area contributed by atoms with Crippen molar-refractivity contribution in [2.24, 2.45) is 5.73 Å². The maximum atomic E-state index is 12.5. The number of amides is 1. The number of carbonyl (C=O) groups is 1. The van der Waals surface area contributed by atoms with Gasteiger partial charge < -0.3 is 15.1 Å². The molecule has 0 spiro atoms. The van der Waals surface area contributed by atoms with Crippen molar-refractivity contribution in [2.45, 2.75) is 52.1 Å². The van der Waals surface area contributed by atoms with E-state index in [-0.39, 0.29) is 18.0 Å². The smallest absolute Gasteiger partial charge is 0.291 e. The fraction of sp³-hybridized carbons (Fsp3) is 0.692. The Morgan fingerprint density at radius 3 is 2.78 bits per heavy atom. The molecule has 1 aliphatic heterocycles. The fourth-order valence-electron chi connectivity index (χ4n) is 2.62. The first-order valence-electron chi connectivity index (χ1n) is 6.51. The molecular formula is C13H21N3O2. The number of hydrogen-bond donors (Lipinski definition) is 1. The van der Waals surface area contributed by atoms with Crippen LogP contribution in [0.25, 0.3) is 0 Å². The Hall–Kier alpha value is -1.36. The summed E-state index contributed by atoms with van der Waals surface area (Å²) < 4.78 is 5.41. The number of rotatable bonds is 2. The zero-order valence-electron chi connectivity index (χ0n) is 11.3. The molecule has 5 nitrogen and oxygen atoms in total. The van der Waals surface area contributed by atoms with E-state index in [4.69, 9.17) is 10.2 Å². The number of carbonyl (C=O) groups excluding carboxylic acids is 1. The second-order valence-electron chi connectivity index (χ2n) is 5.07. The largest absolute Gasteiger partial charge is 0.436 e. The molecule has 1 saturated heterocycles. The van der Waals surface area contributed by atoms with Gasteiger partial charge in [-0.15, -0.1) is 0 Å². The Bertz CT molecular complexity index is 439. The molecule has 1 aromatic rings. The molecule has 2 rings (SSSR count). The zero-order chi connectivity index (χ0) is 13.3. The monoisotopic (exact) mass is 251 g/mol. The molecule has 0 saturated carbocycles. The lowest BCUT2D eigenvalue weighted by molar-refractivity contribution is 0.0549. The number of piperidine rings is 1. The van der Waals surface area contributed by atoms with Gasteiger partial charge >= 0.3 is 0 Å². The molecule has 1 amide bonds. The molecule has 0 aliphatic carbocycles. The average molecular weight is 251 g/mol. The zero-order valence-corrected chi connectivity index (χ0v) is 11.3. The van der Waals surface area contributed by atoms with E-state index in [9.17, 15) is 4.79 Å².